The first-order valence-electron chi connectivity index (χ1n) is 10.3. The molecule has 1 heterocycles. The van der Waals surface area contributed by atoms with Crippen molar-refractivity contribution in [2.45, 2.75) is 0 Å². The van der Waals surface area contributed by atoms with E-state index < -0.39 is 6.09 Å². The molecule has 0 spiro atoms. The monoisotopic (exact) mass is 437 g/mol. The van der Waals surface area contributed by atoms with E-state index in [2.05, 4.69) is 10.4 Å². The zero-order valence-electron chi connectivity index (χ0n) is 17.7. The lowest BCUT2D eigenvalue weighted by Gasteiger charge is -2.14. The zero-order chi connectivity index (χ0) is 22.8. The lowest BCUT2D eigenvalue weighted by molar-refractivity contribution is 0.213. The number of anilines is 1. The molecule has 0 atom stereocenters. The van der Waals surface area contributed by atoms with Gasteiger partial charge in [-0.05, 0) is 35.7 Å². The third kappa shape index (κ3) is 3.76. The van der Waals surface area contributed by atoms with Crippen molar-refractivity contribution in [1.82, 2.24) is 9.78 Å². The van der Waals surface area contributed by atoms with Crippen molar-refractivity contribution in [3.05, 3.63) is 101 Å². The van der Waals surface area contributed by atoms with Crippen molar-refractivity contribution in [1.29, 1.82) is 0 Å². The van der Waals surface area contributed by atoms with Gasteiger partial charge in [-0.15, -0.1) is 0 Å². The molecule has 0 bridgehead atoms. The number of nitrogens with zero attached hydrogens (tertiary/aromatic N) is 2. The van der Waals surface area contributed by atoms with Gasteiger partial charge in [-0.1, -0.05) is 54.6 Å². The van der Waals surface area contributed by atoms with Crippen LogP contribution >= 0.6 is 0 Å². The molecule has 5 aromatic rings. The number of carbonyl (C=O) groups excluding carboxylic acids is 1. The van der Waals surface area contributed by atoms with Gasteiger partial charge in [0.25, 0.3) is 5.56 Å². The number of carbonyl (C=O) groups is 1. The fraction of sp³-hybridized carbons (Fsp3) is 0.0385. The molecule has 0 saturated carbocycles. The van der Waals surface area contributed by atoms with E-state index in [1.165, 1.54) is 11.8 Å². The number of benzene rings is 4. The maximum absolute atomic E-state index is 13.2. The molecule has 162 valence electrons. The molecular formula is C26H19N3O4. The molecule has 0 aliphatic heterocycles. The van der Waals surface area contributed by atoms with Crippen LogP contribution in [0.4, 0.5) is 10.5 Å². The van der Waals surface area contributed by atoms with Crippen LogP contribution in [0.5, 0.6) is 11.5 Å². The van der Waals surface area contributed by atoms with E-state index in [4.69, 9.17) is 9.47 Å². The average Bonchev–Trinajstić information content (AvgIpc) is 2.85. The summed E-state index contributed by atoms with van der Waals surface area (Å²) in [6.07, 6.45) is 0.882. The van der Waals surface area contributed by atoms with Gasteiger partial charge < -0.3 is 9.47 Å². The second-order valence-corrected chi connectivity index (χ2v) is 7.30. The lowest BCUT2D eigenvalue weighted by atomic mass is 10.1. The van der Waals surface area contributed by atoms with Crippen LogP contribution in [0.1, 0.15) is 0 Å². The summed E-state index contributed by atoms with van der Waals surface area (Å²) in [6.45, 7) is 0. The van der Waals surface area contributed by atoms with Gasteiger partial charge in [0.1, 0.15) is 0 Å². The molecule has 0 radical (unpaired) electrons. The highest BCUT2D eigenvalue weighted by Crippen LogP contribution is 2.34. The van der Waals surface area contributed by atoms with Crippen LogP contribution in [-0.2, 0) is 0 Å². The molecule has 0 aliphatic rings. The lowest BCUT2D eigenvalue weighted by Crippen LogP contribution is -2.22. The number of nitrogens with one attached hydrogen (secondary N) is 1. The molecule has 0 saturated heterocycles. The summed E-state index contributed by atoms with van der Waals surface area (Å²) >= 11 is 0. The molecule has 7 heteroatoms. The Morgan fingerprint density at radius 3 is 2.45 bits per heavy atom. The smallest absolute Gasteiger partial charge is 0.417 e. The number of methoxy groups -OCH3 is 1. The number of rotatable bonds is 4. The van der Waals surface area contributed by atoms with Crippen LogP contribution in [0.15, 0.2) is 95.9 Å². The molecule has 1 N–H and O–H groups in total. The second kappa shape index (κ2) is 8.47. The third-order valence-corrected chi connectivity index (χ3v) is 5.31. The first kappa shape index (κ1) is 20.3. The molecule has 4 aromatic carbocycles. The molecule has 33 heavy (non-hydrogen) atoms. The summed E-state index contributed by atoms with van der Waals surface area (Å²) in [4.78, 5) is 26.0. The summed E-state index contributed by atoms with van der Waals surface area (Å²) in [5.41, 5.74) is 0.857. The topological polar surface area (TPSA) is 82.4 Å². The Kier molecular flexibility index (Phi) is 5.20. The Balaban J connectivity index is 1.52. The van der Waals surface area contributed by atoms with Gasteiger partial charge in [-0.2, -0.15) is 9.78 Å². The van der Waals surface area contributed by atoms with E-state index in [1.807, 2.05) is 54.6 Å². The van der Waals surface area contributed by atoms with Gasteiger partial charge in [0.05, 0.1) is 30.1 Å². The molecule has 1 aromatic heterocycles. The van der Waals surface area contributed by atoms with Crippen LogP contribution in [0.2, 0.25) is 0 Å². The number of para-hydroxylation sites is 1. The van der Waals surface area contributed by atoms with Gasteiger partial charge in [-0.25, -0.2) is 4.79 Å². The number of hydrogen-bond acceptors (Lipinski definition) is 5. The number of aromatic nitrogens is 2. The SMILES string of the molecule is COc1c(OC(=O)Nc2cccc3ccccc23)ccc2cnn(-c3ccccc3)c(=O)c12. The summed E-state index contributed by atoms with van der Waals surface area (Å²) in [5.74, 6) is 0.295. The summed E-state index contributed by atoms with van der Waals surface area (Å²) in [5, 5.41) is 9.75. The van der Waals surface area contributed by atoms with Gasteiger partial charge in [0.15, 0.2) is 11.5 Å². The standard InChI is InChI=1S/C26H19N3O4/c1-32-24-22(33-26(31)28-21-13-7-9-17-8-5-6-12-20(17)21)15-14-18-16-27-29(25(30)23(18)24)19-10-3-2-4-11-19/h2-16H,1H3,(H,28,31). The van der Waals surface area contributed by atoms with Crippen molar-refractivity contribution in [3.8, 4) is 17.2 Å². The number of ether oxygens (including phenoxy) is 2. The Morgan fingerprint density at radius 2 is 1.64 bits per heavy atom. The predicted molar refractivity (Wildman–Crippen MR) is 127 cm³/mol. The van der Waals surface area contributed by atoms with E-state index in [1.54, 1.807) is 36.5 Å². The highest BCUT2D eigenvalue weighted by Gasteiger charge is 2.18. The molecule has 0 unspecified atom stereocenters. The Morgan fingerprint density at radius 1 is 0.879 bits per heavy atom. The molecule has 1 amide bonds. The minimum atomic E-state index is -0.693. The van der Waals surface area contributed by atoms with Gasteiger partial charge in [-0.3, -0.25) is 10.1 Å². The quantitative estimate of drug-likeness (QED) is 0.420. The van der Waals surface area contributed by atoms with E-state index in [9.17, 15) is 9.59 Å². The van der Waals surface area contributed by atoms with Crippen LogP contribution in [0.25, 0.3) is 27.2 Å². The number of amides is 1. The van der Waals surface area contributed by atoms with Crippen LogP contribution in [0, 0.1) is 0 Å². The first-order chi connectivity index (χ1) is 16.2. The molecule has 5 rings (SSSR count). The van der Waals surface area contributed by atoms with Crippen LogP contribution in [0.3, 0.4) is 0 Å². The highest BCUT2D eigenvalue weighted by atomic mass is 16.6. The van der Waals surface area contributed by atoms with E-state index in [0.717, 1.165) is 10.8 Å². The van der Waals surface area contributed by atoms with E-state index >= 15 is 0 Å². The predicted octanol–water partition coefficient (Wildman–Crippen LogP) is 5.16. The third-order valence-electron chi connectivity index (χ3n) is 5.31. The Hall–Kier alpha value is -4.65. The fourth-order valence-electron chi connectivity index (χ4n) is 3.79. The Bertz CT molecular complexity index is 1540. The summed E-state index contributed by atoms with van der Waals surface area (Å²) < 4.78 is 12.3. The van der Waals surface area contributed by atoms with Gasteiger partial charge in [0, 0.05) is 10.8 Å². The van der Waals surface area contributed by atoms with Crippen molar-refractivity contribution >= 4 is 33.3 Å². The van der Waals surface area contributed by atoms with E-state index in [0.29, 0.717) is 16.8 Å². The number of hydrogen-bond donors (Lipinski definition) is 1. The highest BCUT2D eigenvalue weighted by molar-refractivity contribution is 6.01. The molecule has 7 nitrogen and oxygen atoms in total. The second-order valence-electron chi connectivity index (χ2n) is 7.30. The minimum Gasteiger partial charge on any atom is -0.492 e. The minimum absolute atomic E-state index is 0.130. The molecular weight excluding hydrogens is 418 g/mol. The van der Waals surface area contributed by atoms with Gasteiger partial charge >= 0.3 is 6.09 Å². The Labute approximate surface area is 188 Å². The normalized spacial score (nSPS) is 10.8. The summed E-state index contributed by atoms with van der Waals surface area (Å²) in [7, 11) is 1.43. The number of fused-ring (bicyclic) bond motifs is 2. The van der Waals surface area contributed by atoms with Crippen molar-refractivity contribution < 1.29 is 14.3 Å². The fourth-order valence-corrected chi connectivity index (χ4v) is 3.79. The van der Waals surface area contributed by atoms with Crippen molar-refractivity contribution in [2.24, 2.45) is 0 Å². The average molecular weight is 437 g/mol. The maximum atomic E-state index is 13.2. The maximum Gasteiger partial charge on any atom is 0.417 e. The molecule has 0 aliphatic carbocycles. The summed E-state index contributed by atoms with van der Waals surface area (Å²) in [6, 6.07) is 25.6. The molecule has 0 fully saturated rings. The van der Waals surface area contributed by atoms with Crippen molar-refractivity contribution in [2.75, 3.05) is 12.4 Å². The zero-order valence-corrected chi connectivity index (χ0v) is 17.7. The first-order valence-corrected chi connectivity index (χ1v) is 10.3. The van der Waals surface area contributed by atoms with E-state index in [-0.39, 0.29) is 22.4 Å². The van der Waals surface area contributed by atoms with Crippen LogP contribution in [-0.4, -0.2) is 23.0 Å². The van der Waals surface area contributed by atoms with Gasteiger partial charge in [0.2, 0.25) is 0 Å². The van der Waals surface area contributed by atoms with Crippen LogP contribution < -0.4 is 20.3 Å². The van der Waals surface area contributed by atoms with Crippen molar-refractivity contribution in [3.63, 3.8) is 0 Å². The largest absolute Gasteiger partial charge is 0.492 e.